The Labute approximate surface area is 239 Å². The van der Waals surface area contributed by atoms with E-state index in [2.05, 4.69) is 5.32 Å². The second-order valence-corrected chi connectivity index (χ2v) is 12.4. The average Bonchev–Trinajstić information content (AvgIpc) is 2.92. The Morgan fingerprint density at radius 2 is 1.48 bits per heavy atom. The number of amides is 1. The van der Waals surface area contributed by atoms with Gasteiger partial charge < -0.3 is 19.7 Å². The Balaban J connectivity index is 0.00000441. The Morgan fingerprint density at radius 1 is 0.900 bits per heavy atom. The number of nitrogens with zero attached hydrogens (tertiary/aromatic N) is 2. The highest BCUT2D eigenvalue weighted by molar-refractivity contribution is 7.89. The van der Waals surface area contributed by atoms with Crippen molar-refractivity contribution < 1.29 is 22.7 Å². The lowest BCUT2D eigenvalue weighted by molar-refractivity contribution is 0.0236. The molecule has 0 spiro atoms. The van der Waals surface area contributed by atoms with E-state index in [0.29, 0.717) is 45.8 Å². The molecule has 40 heavy (non-hydrogen) atoms. The van der Waals surface area contributed by atoms with Crippen molar-refractivity contribution in [1.82, 2.24) is 9.21 Å². The van der Waals surface area contributed by atoms with Gasteiger partial charge in [0.15, 0.2) is 0 Å². The van der Waals surface area contributed by atoms with Crippen molar-refractivity contribution >= 4 is 27.5 Å². The Morgan fingerprint density at radius 3 is 2.05 bits per heavy atom. The zero-order valence-corrected chi connectivity index (χ0v) is 23.6. The van der Waals surface area contributed by atoms with Gasteiger partial charge in [-0.3, -0.25) is 0 Å². The van der Waals surface area contributed by atoms with Crippen LogP contribution in [0.15, 0.2) is 83.8 Å². The van der Waals surface area contributed by atoms with Crippen LogP contribution in [0.2, 0.25) is 0 Å². The van der Waals surface area contributed by atoms with E-state index in [4.69, 9.17) is 9.47 Å². The molecule has 3 aromatic carbocycles. The summed E-state index contributed by atoms with van der Waals surface area (Å²) in [6.07, 6.45) is 0.351. The predicted octanol–water partition coefficient (Wildman–Crippen LogP) is 6.07. The average molecular weight is 568 g/mol. The van der Waals surface area contributed by atoms with Crippen LogP contribution in [0.25, 0.3) is 0 Å². The molecule has 0 saturated carbocycles. The molecular formula is C31H41N3O5S. The molecule has 3 aromatic rings. The molecule has 0 unspecified atom stereocenters. The second kappa shape index (κ2) is 13.8. The molecule has 1 amide bonds. The maximum atomic E-state index is 12.9. The summed E-state index contributed by atoms with van der Waals surface area (Å²) in [7, 11) is -3.52. The molecule has 0 aliphatic carbocycles. The van der Waals surface area contributed by atoms with Crippen molar-refractivity contribution in [3.63, 3.8) is 0 Å². The van der Waals surface area contributed by atoms with E-state index in [-0.39, 0.29) is 18.4 Å². The summed E-state index contributed by atoms with van der Waals surface area (Å²) in [4.78, 5) is 14.9. The van der Waals surface area contributed by atoms with Crippen LogP contribution in [0.1, 0.15) is 39.3 Å². The minimum atomic E-state index is -3.52. The second-order valence-electron chi connectivity index (χ2n) is 10.5. The number of rotatable bonds is 9. The number of benzene rings is 3. The number of morpholine rings is 1. The molecule has 0 atom stereocenters. The Hall–Kier alpha value is -3.40. The molecule has 1 saturated heterocycles. The lowest BCUT2D eigenvalue weighted by Gasteiger charge is -2.27. The van der Waals surface area contributed by atoms with Crippen LogP contribution in [-0.4, -0.2) is 62.2 Å². The number of nitrogens with one attached hydrogen (secondary N) is 1. The van der Waals surface area contributed by atoms with Gasteiger partial charge in [0.2, 0.25) is 10.0 Å². The molecule has 1 fully saturated rings. The Bertz CT molecular complexity index is 1320. The highest BCUT2D eigenvalue weighted by Gasteiger charge is 2.26. The first-order valence-electron chi connectivity index (χ1n) is 13.2. The molecule has 1 heterocycles. The molecule has 0 radical (unpaired) electrons. The summed E-state index contributed by atoms with van der Waals surface area (Å²) < 4.78 is 38.0. The third-order valence-electron chi connectivity index (χ3n) is 6.24. The van der Waals surface area contributed by atoms with Gasteiger partial charge in [-0.25, -0.2) is 13.2 Å². The summed E-state index contributed by atoms with van der Waals surface area (Å²) in [5.41, 5.74) is 3.25. The Kier molecular flexibility index (Phi) is 10.7. The summed E-state index contributed by atoms with van der Waals surface area (Å²) in [5, 5.41) is 3.32. The third kappa shape index (κ3) is 8.81. The van der Waals surface area contributed by atoms with Crippen LogP contribution >= 0.6 is 0 Å². The lowest BCUT2D eigenvalue weighted by Crippen LogP contribution is -2.40. The molecule has 1 aliphatic rings. The highest BCUT2D eigenvalue weighted by atomic mass is 32.2. The van der Waals surface area contributed by atoms with Crippen LogP contribution in [0.4, 0.5) is 16.2 Å². The molecule has 0 aromatic heterocycles. The molecule has 8 nitrogen and oxygen atoms in total. The maximum Gasteiger partial charge on any atom is 0.410 e. The largest absolute Gasteiger partial charge is 0.444 e. The van der Waals surface area contributed by atoms with Crippen molar-refractivity contribution in [1.29, 1.82) is 0 Å². The zero-order chi connectivity index (χ0) is 27.9. The van der Waals surface area contributed by atoms with Crippen LogP contribution in [0.3, 0.4) is 0 Å². The number of sulfonamides is 1. The van der Waals surface area contributed by atoms with Gasteiger partial charge in [0, 0.05) is 37.6 Å². The van der Waals surface area contributed by atoms with Crippen LogP contribution in [-0.2, 0) is 32.5 Å². The number of hydrogen-bond acceptors (Lipinski definition) is 6. The van der Waals surface area contributed by atoms with E-state index in [1.54, 1.807) is 29.2 Å². The maximum absolute atomic E-state index is 12.9. The van der Waals surface area contributed by atoms with E-state index < -0.39 is 15.6 Å². The van der Waals surface area contributed by atoms with Gasteiger partial charge in [0.25, 0.3) is 0 Å². The van der Waals surface area contributed by atoms with E-state index in [0.717, 1.165) is 22.5 Å². The number of hydrogen-bond donors (Lipinski definition) is 1. The van der Waals surface area contributed by atoms with Gasteiger partial charge >= 0.3 is 6.09 Å². The van der Waals surface area contributed by atoms with Gasteiger partial charge in [0.1, 0.15) is 5.60 Å². The van der Waals surface area contributed by atoms with Crippen molar-refractivity contribution in [2.75, 3.05) is 38.2 Å². The highest BCUT2D eigenvalue weighted by Crippen LogP contribution is 2.22. The molecule has 0 bridgehead atoms. The fourth-order valence-electron chi connectivity index (χ4n) is 4.20. The summed E-state index contributed by atoms with van der Waals surface area (Å²) >= 11 is 0. The standard InChI is InChI=1S/C30H37N3O5S.CH4/c1-30(2,3)38-29(34)32(23-25-7-5-4-6-8-25)18-17-24-9-11-26(12-10-24)31-27-13-15-28(16-14-27)39(35,36)33-19-21-37-22-20-33;/h4-16,31H,17-23H2,1-3H3;1H4. The molecule has 216 valence electrons. The van der Waals surface area contributed by atoms with Crippen LogP contribution < -0.4 is 5.32 Å². The monoisotopic (exact) mass is 567 g/mol. The lowest BCUT2D eigenvalue weighted by atomic mass is 10.1. The molecular weight excluding hydrogens is 526 g/mol. The topological polar surface area (TPSA) is 88.2 Å². The van der Waals surface area contributed by atoms with Crippen molar-refractivity contribution in [2.24, 2.45) is 0 Å². The van der Waals surface area contributed by atoms with Gasteiger partial charge in [-0.05, 0) is 74.7 Å². The molecule has 1 aliphatic heterocycles. The van der Waals surface area contributed by atoms with E-state index in [1.165, 1.54) is 4.31 Å². The fourth-order valence-corrected chi connectivity index (χ4v) is 5.60. The fraction of sp³-hybridized carbons (Fsp3) is 0.387. The first-order valence-corrected chi connectivity index (χ1v) is 14.6. The molecule has 4 rings (SSSR count). The number of ether oxygens (including phenoxy) is 2. The number of anilines is 2. The van der Waals surface area contributed by atoms with Crippen molar-refractivity contribution in [3.8, 4) is 0 Å². The summed E-state index contributed by atoms with van der Waals surface area (Å²) in [5.74, 6) is 0. The smallest absolute Gasteiger partial charge is 0.410 e. The van der Waals surface area contributed by atoms with Gasteiger partial charge in [-0.2, -0.15) is 4.31 Å². The molecule has 1 N–H and O–H groups in total. The minimum absolute atomic E-state index is 0. The minimum Gasteiger partial charge on any atom is -0.444 e. The van der Waals surface area contributed by atoms with Crippen LogP contribution in [0, 0.1) is 0 Å². The van der Waals surface area contributed by atoms with Crippen molar-refractivity contribution in [2.45, 2.75) is 51.7 Å². The van der Waals surface area contributed by atoms with Gasteiger partial charge in [-0.1, -0.05) is 49.9 Å². The first kappa shape index (κ1) is 31.1. The first-order chi connectivity index (χ1) is 18.6. The SMILES string of the molecule is C.CC(C)(C)OC(=O)N(CCc1ccc(Nc2ccc(S(=O)(=O)N3CCOCC3)cc2)cc1)Cc1ccccc1. The summed E-state index contributed by atoms with van der Waals surface area (Å²) in [6, 6.07) is 24.7. The van der Waals surface area contributed by atoms with Crippen LogP contribution in [0.5, 0.6) is 0 Å². The summed E-state index contributed by atoms with van der Waals surface area (Å²) in [6.45, 7) is 8.19. The number of carbonyl (C=O) groups is 1. The molecule has 9 heteroatoms. The zero-order valence-electron chi connectivity index (χ0n) is 22.8. The van der Waals surface area contributed by atoms with E-state index >= 15 is 0 Å². The van der Waals surface area contributed by atoms with E-state index in [9.17, 15) is 13.2 Å². The van der Waals surface area contributed by atoms with Gasteiger partial charge in [-0.15, -0.1) is 0 Å². The van der Waals surface area contributed by atoms with Crippen molar-refractivity contribution in [3.05, 3.63) is 90.0 Å². The quantitative estimate of drug-likeness (QED) is 0.338. The normalized spacial score (nSPS) is 14.2. The number of carbonyl (C=O) groups excluding carboxylic acids is 1. The van der Waals surface area contributed by atoms with Gasteiger partial charge in [0.05, 0.1) is 18.1 Å². The third-order valence-corrected chi connectivity index (χ3v) is 8.16. The van der Waals surface area contributed by atoms with E-state index in [1.807, 2.05) is 75.4 Å². The predicted molar refractivity (Wildman–Crippen MR) is 159 cm³/mol.